The van der Waals surface area contributed by atoms with Crippen LogP contribution in [0.1, 0.15) is 15.9 Å². The summed E-state index contributed by atoms with van der Waals surface area (Å²) in [5.41, 5.74) is 1.23. The zero-order chi connectivity index (χ0) is 21.8. The lowest BCUT2D eigenvalue weighted by Crippen LogP contribution is -2.29. The third kappa shape index (κ3) is 4.03. The van der Waals surface area contributed by atoms with Gasteiger partial charge >= 0.3 is 0 Å². The summed E-state index contributed by atoms with van der Waals surface area (Å²) in [6.07, 6.45) is 0. The van der Waals surface area contributed by atoms with Crippen molar-refractivity contribution in [2.45, 2.75) is 6.54 Å². The zero-order valence-corrected chi connectivity index (χ0v) is 17.6. The molecule has 1 heterocycles. The van der Waals surface area contributed by atoms with E-state index in [0.717, 1.165) is 5.39 Å². The van der Waals surface area contributed by atoms with Gasteiger partial charge in [-0.2, -0.15) is 0 Å². The zero-order valence-electron chi connectivity index (χ0n) is 17.6. The first-order valence-corrected chi connectivity index (χ1v) is 9.17. The normalized spacial score (nSPS) is 10.6. The van der Waals surface area contributed by atoms with E-state index in [2.05, 4.69) is 4.98 Å². The van der Waals surface area contributed by atoms with Crippen molar-refractivity contribution in [1.82, 2.24) is 9.88 Å². The van der Waals surface area contributed by atoms with Crippen LogP contribution in [0, 0.1) is 0 Å². The van der Waals surface area contributed by atoms with Crippen molar-refractivity contribution in [3.05, 3.63) is 57.9 Å². The molecule has 0 aliphatic carbocycles. The Morgan fingerprint density at radius 2 is 1.60 bits per heavy atom. The maximum atomic E-state index is 13.0. The summed E-state index contributed by atoms with van der Waals surface area (Å²) in [6.45, 7) is 0.132. The summed E-state index contributed by atoms with van der Waals surface area (Å²) in [6, 6.07) is 10.4. The molecule has 3 rings (SSSR count). The number of benzene rings is 2. The van der Waals surface area contributed by atoms with Crippen LogP contribution in [0.25, 0.3) is 10.9 Å². The van der Waals surface area contributed by atoms with E-state index in [0.29, 0.717) is 39.6 Å². The SMILES string of the molecule is COc1ccc2cc(CN(C)C(=O)c3cc(OC)c(OC)c(OC)c3)c(=O)[nH]c2c1. The van der Waals surface area contributed by atoms with E-state index in [9.17, 15) is 9.59 Å². The number of rotatable bonds is 7. The predicted octanol–water partition coefficient (Wildman–Crippen LogP) is 2.83. The summed E-state index contributed by atoms with van der Waals surface area (Å²) in [5.74, 6) is 1.53. The fourth-order valence-electron chi connectivity index (χ4n) is 3.22. The second kappa shape index (κ2) is 8.77. The Balaban J connectivity index is 1.90. The van der Waals surface area contributed by atoms with Crippen LogP contribution in [0.5, 0.6) is 23.0 Å². The number of carbonyl (C=O) groups excluding carboxylic acids is 1. The number of fused-ring (bicyclic) bond motifs is 1. The molecular weight excluding hydrogens is 388 g/mol. The van der Waals surface area contributed by atoms with Crippen LogP contribution in [0.3, 0.4) is 0 Å². The van der Waals surface area contributed by atoms with Gasteiger partial charge in [-0.1, -0.05) is 0 Å². The van der Waals surface area contributed by atoms with Crippen LogP contribution < -0.4 is 24.5 Å². The van der Waals surface area contributed by atoms with E-state index >= 15 is 0 Å². The smallest absolute Gasteiger partial charge is 0.254 e. The molecular formula is C22H24N2O6. The number of hydrogen-bond donors (Lipinski definition) is 1. The molecule has 30 heavy (non-hydrogen) atoms. The van der Waals surface area contributed by atoms with Crippen molar-refractivity contribution in [2.24, 2.45) is 0 Å². The fourth-order valence-corrected chi connectivity index (χ4v) is 3.22. The molecule has 2 aromatic carbocycles. The maximum Gasteiger partial charge on any atom is 0.254 e. The lowest BCUT2D eigenvalue weighted by Gasteiger charge is -2.19. The molecule has 0 aliphatic rings. The number of amides is 1. The van der Waals surface area contributed by atoms with Crippen LogP contribution >= 0.6 is 0 Å². The molecule has 0 atom stereocenters. The van der Waals surface area contributed by atoms with E-state index < -0.39 is 0 Å². The summed E-state index contributed by atoms with van der Waals surface area (Å²) < 4.78 is 21.1. The molecule has 0 saturated carbocycles. The molecule has 8 heteroatoms. The molecule has 0 saturated heterocycles. The summed E-state index contributed by atoms with van der Waals surface area (Å²) in [5, 5.41) is 0.846. The number of methoxy groups -OCH3 is 4. The van der Waals surface area contributed by atoms with E-state index in [-0.39, 0.29) is 18.0 Å². The van der Waals surface area contributed by atoms with E-state index in [4.69, 9.17) is 18.9 Å². The van der Waals surface area contributed by atoms with Gasteiger partial charge in [-0.05, 0) is 35.7 Å². The first-order chi connectivity index (χ1) is 14.4. The number of pyridine rings is 1. The Labute approximate surface area is 173 Å². The highest BCUT2D eigenvalue weighted by atomic mass is 16.5. The van der Waals surface area contributed by atoms with Crippen molar-refractivity contribution in [1.29, 1.82) is 0 Å². The van der Waals surface area contributed by atoms with E-state index in [1.165, 1.54) is 26.2 Å². The fraction of sp³-hybridized carbons (Fsp3) is 0.273. The standard InChI is InChI=1S/C22H24N2O6/c1-24(22(26)14-9-18(28-3)20(30-5)19(10-14)29-4)12-15-8-13-6-7-16(27-2)11-17(13)23-21(15)25/h6-11H,12H2,1-5H3,(H,23,25). The van der Waals surface area contributed by atoms with Gasteiger partial charge in [0.2, 0.25) is 5.75 Å². The number of ether oxygens (including phenoxy) is 4. The summed E-state index contributed by atoms with van der Waals surface area (Å²) >= 11 is 0. The van der Waals surface area contributed by atoms with Gasteiger partial charge in [-0.3, -0.25) is 9.59 Å². The third-order valence-corrected chi connectivity index (χ3v) is 4.80. The molecule has 1 amide bonds. The molecule has 8 nitrogen and oxygen atoms in total. The minimum absolute atomic E-state index is 0.132. The van der Waals surface area contributed by atoms with Gasteiger partial charge in [0, 0.05) is 24.2 Å². The molecule has 1 aromatic heterocycles. The minimum atomic E-state index is -0.288. The van der Waals surface area contributed by atoms with Crippen LogP contribution in [-0.4, -0.2) is 51.3 Å². The molecule has 0 bridgehead atoms. The van der Waals surface area contributed by atoms with Gasteiger partial charge in [0.1, 0.15) is 5.75 Å². The monoisotopic (exact) mass is 412 g/mol. The Morgan fingerprint density at radius 3 is 2.17 bits per heavy atom. The highest BCUT2D eigenvalue weighted by Crippen LogP contribution is 2.38. The average Bonchev–Trinajstić information content (AvgIpc) is 2.77. The van der Waals surface area contributed by atoms with Gasteiger partial charge in [0.15, 0.2) is 11.5 Å². The number of H-pyrrole nitrogens is 1. The van der Waals surface area contributed by atoms with Crippen molar-refractivity contribution in [2.75, 3.05) is 35.5 Å². The minimum Gasteiger partial charge on any atom is -0.497 e. The van der Waals surface area contributed by atoms with Crippen molar-refractivity contribution in [3.63, 3.8) is 0 Å². The van der Waals surface area contributed by atoms with Gasteiger partial charge in [-0.25, -0.2) is 0 Å². The Morgan fingerprint density at radius 1 is 0.933 bits per heavy atom. The number of carbonyl (C=O) groups is 1. The van der Waals surface area contributed by atoms with Gasteiger partial charge in [-0.15, -0.1) is 0 Å². The molecule has 0 unspecified atom stereocenters. The summed E-state index contributed by atoms with van der Waals surface area (Å²) in [7, 11) is 7.66. The lowest BCUT2D eigenvalue weighted by molar-refractivity contribution is 0.0784. The Hall–Kier alpha value is -3.68. The average molecular weight is 412 g/mol. The van der Waals surface area contributed by atoms with Gasteiger partial charge in [0.25, 0.3) is 11.5 Å². The van der Waals surface area contributed by atoms with E-state index in [1.54, 1.807) is 38.4 Å². The van der Waals surface area contributed by atoms with Crippen LogP contribution in [0.4, 0.5) is 0 Å². The number of aromatic nitrogens is 1. The maximum absolute atomic E-state index is 13.0. The first-order valence-electron chi connectivity index (χ1n) is 9.17. The van der Waals surface area contributed by atoms with Gasteiger partial charge < -0.3 is 28.8 Å². The topological polar surface area (TPSA) is 90.1 Å². The van der Waals surface area contributed by atoms with Crippen LogP contribution in [0.15, 0.2) is 41.2 Å². The highest BCUT2D eigenvalue weighted by Gasteiger charge is 2.20. The van der Waals surface area contributed by atoms with E-state index in [1.807, 2.05) is 12.1 Å². The highest BCUT2D eigenvalue weighted by molar-refractivity contribution is 5.95. The Kier molecular flexibility index (Phi) is 6.15. The molecule has 0 fully saturated rings. The second-order valence-electron chi connectivity index (χ2n) is 6.65. The third-order valence-electron chi connectivity index (χ3n) is 4.80. The second-order valence-corrected chi connectivity index (χ2v) is 6.65. The van der Waals surface area contributed by atoms with Crippen molar-refractivity contribution in [3.8, 4) is 23.0 Å². The molecule has 158 valence electrons. The molecule has 1 N–H and O–H groups in total. The van der Waals surface area contributed by atoms with Gasteiger partial charge in [0.05, 0.1) is 40.5 Å². The lowest BCUT2D eigenvalue weighted by atomic mass is 10.1. The van der Waals surface area contributed by atoms with Crippen molar-refractivity contribution >= 4 is 16.8 Å². The van der Waals surface area contributed by atoms with Crippen molar-refractivity contribution < 1.29 is 23.7 Å². The number of nitrogens with zero attached hydrogens (tertiary/aromatic N) is 1. The predicted molar refractivity (Wildman–Crippen MR) is 113 cm³/mol. The van der Waals surface area contributed by atoms with Crippen LogP contribution in [0.2, 0.25) is 0 Å². The number of hydrogen-bond acceptors (Lipinski definition) is 6. The molecule has 0 aliphatic heterocycles. The number of aromatic amines is 1. The Bertz CT molecular complexity index is 1110. The molecule has 3 aromatic rings. The largest absolute Gasteiger partial charge is 0.497 e. The van der Waals surface area contributed by atoms with Crippen LogP contribution in [-0.2, 0) is 6.54 Å². The first kappa shape index (κ1) is 21.0. The molecule has 0 radical (unpaired) electrons. The quantitative estimate of drug-likeness (QED) is 0.642. The molecule has 0 spiro atoms. The summed E-state index contributed by atoms with van der Waals surface area (Å²) in [4.78, 5) is 29.8. The number of nitrogens with one attached hydrogen (secondary N) is 1.